The monoisotopic (exact) mass is 186 g/mol. The Labute approximate surface area is 84.2 Å². The van der Waals surface area contributed by atoms with Crippen molar-refractivity contribution in [1.82, 2.24) is 9.55 Å². The molecule has 0 unspecified atom stereocenters. The van der Waals surface area contributed by atoms with Crippen LogP contribution >= 0.6 is 0 Å². The Morgan fingerprint density at radius 2 is 1.93 bits per heavy atom. The Balaban J connectivity index is 2.48. The van der Waals surface area contributed by atoms with Gasteiger partial charge in [0.1, 0.15) is 5.82 Å². The van der Waals surface area contributed by atoms with Crippen molar-refractivity contribution in [2.75, 3.05) is 0 Å². The maximum absolute atomic E-state index is 4.42. The third kappa shape index (κ3) is 1.43. The quantitative estimate of drug-likeness (QED) is 0.705. The van der Waals surface area contributed by atoms with Gasteiger partial charge in [-0.05, 0) is 6.42 Å². The van der Waals surface area contributed by atoms with E-state index in [2.05, 4.69) is 35.7 Å². The molecule has 2 nitrogen and oxygen atoms in total. The van der Waals surface area contributed by atoms with E-state index in [0.29, 0.717) is 0 Å². The Morgan fingerprint density at radius 1 is 1.21 bits per heavy atom. The Hall–Kier alpha value is -1.57. The third-order valence-electron chi connectivity index (χ3n) is 2.48. The smallest absolute Gasteiger partial charge is 0.139 e. The van der Waals surface area contributed by atoms with Gasteiger partial charge in [-0.15, -0.1) is 0 Å². The van der Waals surface area contributed by atoms with Crippen LogP contribution in [0.3, 0.4) is 0 Å². The van der Waals surface area contributed by atoms with Gasteiger partial charge >= 0.3 is 0 Å². The number of aromatic nitrogens is 2. The van der Waals surface area contributed by atoms with E-state index in [1.807, 2.05) is 24.4 Å². The lowest BCUT2D eigenvalue weighted by Gasteiger charge is -2.03. The number of hydrogen-bond donors (Lipinski definition) is 0. The highest BCUT2D eigenvalue weighted by atomic mass is 15.1. The van der Waals surface area contributed by atoms with Crippen molar-refractivity contribution in [3.8, 4) is 11.4 Å². The molecule has 0 atom stereocenters. The van der Waals surface area contributed by atoms with Crippen LogP contribution in [-0.2, 0) is 13.5 Å². The van der Waals surface area contributed by atoms with Gasteiger partial charge in [0.25, 0.3) is 0 Å². The molecule has 0 saturated heterocycles. The minimum atomic E-state index is 1.02. The van der Waals surface area contributed by atoms with Gasteiger partial charge in [-0.25, -0.2) is 4.98 Å². The van der Waals surface area contributed by atoms with E-state index in [1.54, 1.807) is 0 Å². The average molecular weight is 186 g/mol. The highest BCUT2D eigenvalue weighted by molar-refractivity contribution is 5.55. The van der Waals surface area contributed by atoms with Gasteiger partial charge in [0.05, 0.1) is 0 Å². The van der Waals surface area contributed by atoms with Crippen molar-refractivity contribution >= 4 is 0 Å². The minimum absolute atomic E-state index is 1.02. The van der Waals surface area contributed by atoms with E-state index in [0.717, 1.165) is 12.2 Å². The highest BCUT2D eigenvalue weighted by Crippen LogP contribution is 2.17. The van der Waals surface area contributed by atoms with Crippen molar-refractivity contribution in [3.05, 3.63) is 42.2 Å². The summed E-state index contributed by atoms with van der Waals surface area (Å²) in [6.45, 7) is 2.14. The summed E-state index contributed by atoms with van der Waals surface area (Å²) in [5.74, 6) is 1.04. The van der Waals surface area contributed by atoms with Crippen LogP contribution in [0.1, 0.15) is 12.6 Å². The topological polar surface area (TPSA) is 17.8 Å². The summed E-state index contributed by atoms with van der Waals surface area (Å²) in [6, 6.07) is 10.3. The number of hydrogen-bond acceptors (Lipinski definition) is 1. The van der Waals surface area contributed by atoms with Crippen molar-refractivity contribution in [3.63, 3.8) is 0 Å². The maximum atomic E-state index is 4.42. The van der Waals surface area contributed by atoms with Crippen molar-refractivity contribution in [1.29, 1.82) is 0 Å². The second-order valence-electron chi connectivity index (χ2n) is 3.35. The number of nitrogens with zero attached hydrogens (tertiary/aromatic N) is 2. The molecule has 0 aliphatic heterocycles. The second kappa shape index (κ2) is 3.66. The largest absolute Gasteiger partial charge is 0.331 e. The summed E-state index contributed by atoms with van der Waals surface area (Å²) >= 11 is 0. The summed E-state index contributed by atoms with van der Waals surface area (Å²) in [5.41, 5.74) is 2.44. The van der Waals surface area contributed by atoms with E-state index in [-0.39, 0.29) is 0 Å². The fraction of sp³-hybridized carbons (Fsp3) is 0.250. The molecule has 0 bridgehead atoms. The van der Waals surface area contributed by atoms with Crippen LogP contribution in [0.4, 0.5) is 0 Å². The minimum Gasteiger partial charge on any atom is -0.331 e. The van der Waals surface area contributed by atoms with Gasteiger partial charge < -0.3 is 4.57 Å². The molecule has 0 fully saturated rings. The van der Waals surface area contributed by atoms with Crippen LogP contribution in [-0.4, -0.2) is 9.55 Å². The summed E-state index contributed by atoms with van der Waals surface area (Å²) in [6.07, 6.45) is 2.97. The van der Waals surface area contributed by atoms with Crippen molar-refractivity contribution in [2.24, 2.45) is 7.05 Å². The number of imidazole rings is 1. The van der Waals surface area contributed by atoms with Gasteiger partial charge in [0.15, 0.2) is 0 Å². The van der Waals surface area contributed by atoms with Gasteiger partial charge in [-0.1, -0.05) is 37.3 Å². The SMILES string of the molecule is CCc1cnc(-c2ccccc2)n1C. The molecule has 1 heterocycles. The summed E-state index contributed by atoms with van der Waals surface area (Å²) in [7, 11) is 2.06. The van der Waals surface area contributed by atoms with E-state index < -0.39 is 0 Å². The highest BCUT2D eigenvalue weighted by Gasteiger charge is 2.05. The van der Waals surface area contributed by atoms with Gasteiger partial charge in [-0.3, -0.25) is 0 Å². The molecule has 0 spiro atoms. The zero-order chi connectivity index (χ0) is 9.97. The molecule has 2 aromatic rings. The molecular weight excluding hydrogens is 172 g/mol. The predicted octanol–water partition coefficient (Wildman–Crippen LogP) is 2.65. The molecule has 2 heteroatoms. The number of benzene rings is 1. The van der Waals surface area contributed by atoms with Crippen LogP contribution in [0.2, 0.25) is 0 Å². The zero-order valence-electron chi connectivity index (χ0n) is 8.57. The lowest BCUT2D eigenvalue weighted by molar-refractivity contribution is 0.842. The van der Waals surface area contributed by atoms with Gasteiger partial charge in [0, 0.05) is 24.5 Å². The van der Waals surface area contributed by atoms with Crippen LogP contribution in [0.15, 0.2) is 36.5 Å². The zero-order valence-corrected chi connectivity index (χ0v) is 8.57. The first-order valence-corrected chi connectivity index (χ1v) is 4.89. The van der Waals surface area contributed by atoms with E-state index >= 15 is 0 Å². The third-order valence-corrected chi connectivity index (χ3v) is 2.48. The van der Waals surface area contributed by atoms with E-state index in [1.165, 1.54) is 11.3 Å². The summed E-state index contributed by atoms with van der Waals surface area (Å²) < 4.78 is 2.15. The predicted molar refractivity (Wildman–Crippen MR) is 58.0 cm³/mol. The molecule has 0 radical (unpaired) electrons. The first-order valence-electron chi connectivity index (χ1n) is 4.89. The van der Waals surface area contributed by atoms with Crippen molar-refractivity contribution < 1.29 is 0 Å². The molecule has 72 valence electrons. The molecule has 0 aliphatic rings. The standard InChI is InChI=1S/C12H14N2/c1-3-11-9-13-12(14(11)2)10-7-5-4-6-8-10/h4-9H,3H2,1-2H3. The lowest BCUT2D eigenvalue weighted by atomic mass is 10.2. The van der Waals surface area contributed by atoms with E-state index in [4.69, 9.17) is 0 Å². The Kier molecular flexibility index (Phi) is 2.35. The van der Waals surface area contributed by atoms with Crippen LogP contribution < -0.4 is 0 Å². The summed E-state index contributed by atoms with van der Waals surface area (Å²) in [4.78, 5) is 4.42. The van der Waals surface area contributed by atoms with E-state index in [9.17, 15) is 0 Å². The van der Waals surface area contributed by atoms with Crippen LogP contribution in [0.5, 0.6) is 0 Å². The molecule has 0 saturated carbocycles. The first-order chi connectivity index (χ1) is 6.83. The maximum Gasteiger partial charge on any atom is 0.139 e. The van der Waals surface area contributed by atoms with Crippen LogP contribution in [0, 0.1) is 0 Å². The normalized spacial score (nSPS) is 10.4. The fourth-order valence-electron chi connectivity index (χ4n) is 1.63. The summed E-state index contributed by atoms with van der Waals surface area (Å²) in [5, 5.41) is 0. The molecule has 0 amide bonds. The van der Waals surface area contributed by atoms with Gasteiger partial charge in [0.2, 0.25) is 0 Å². The first kappa shape index (κ1) is 9.00. The lowest BCUT2D eigenvalue weighted by Crippen LogP contribution is -1.96. The van der Waals surface area contributed by atoms with Crippen LogP contribution in [0.25, 0.3) is 11.4 Å². The molecule has 0 aliphatic carbocycles. The molecule has 0 N–H and O–H groups in total. The molecule has 1 aromatic heterocycles. The number of rotatable bonds is 2. The Morgan fingerprint density at radius 3 is 2.50 bits per heavy atom. The fourth-order valence-corrected chi connectivity index (χ4v) is 1.63. The second-order valence-corrected chi connectivity index (χ2v) is 3.35. The van der Waals surface area contributed by atoms with Gasteiger partial charge in [-0.2, -0.15) is 0 Å². The molecule has 1 aromatic carbocycles. The number of aryl methyl sites for hydroxylation is 1. The Bertz CT molecular complexity index is 415. The van der Waals surface area contributed by atoms with Crippen molar-refractivity contribution in [2.45, 2.75) is 13.3 Å². The average Bonchev–Trinajstić information content (AvgIpc) is 2.61. The molecule has 2 rings (SSSR count). The molecule has 14 heavy (non-hydrogen) atoms. The molecular formula is C12H14N2.